The summed E-state index contributed by atoms with van der Waals surface area (Å²) >= 11 is 0. The summed E-state index contributed by atoms with van der Waals surface area (Å²) in [6.45, 7) is 5.57. The van der Waals surface area contributed by atoms with Crippen molar-refractivity contribution in [2.24, 2.45) is 0 Å². The molecule has 0 saturated heterocycles. The molecule has 1 aliphatic carbocycles. The first-order valence-electron chi connectivity index (χ1n) is 11.7. The Morgan fingerprint density at radius 2 is 1.67 bits per heavy atom. The van der Waals surface area contributed by atoms with Crippen LogP contribution >= 0.6 is 0 Å². The van der Waals surface area contributed by atoms with Crippen molar-refractivity contribution in [1.82, 2.24) is 0 Å². The number of nitrogens with one attached hydrogen (secondary N) is 2. The van der Waals surface area contributed by atoms with Crippen LogP contribution in [0.5, 0.6) is 0 Å². The first-order chi connectivity index (χ1) is 18.0. The first kappa shape index (κ1) is 26.8. The molecule has 204 valence electrons. The van der Waals surface area contributed by atoms with E-state index in [9.17, 15) is 35.8 Å². The maximum atomic E-state index is 12.9. The second-order valence-corrected chi connectivity index (χ2v) is 13.0. The SMILES string of the molecule is CC1CC(C)(C)Nc2c1cc1c(-c3ccccc3C(=O)O)c3ccc(=N)c(S(=O)(=O)O)c-3oc1c2S(=O)(=O)O. The standard InChI is InChI=1S/C26H24N2O9S2/c1-12-11-26(2,3)28-20-16(12)10-17-19(13-6-4-5-7-14(13)25(29)30)15-8-9-18(27)23(38(31,32)33)21(15)37-22(17)24(20)39(34,35)36/h4-10,12,27-28H,11H2,1-3H3,(H,29,30)(H,31,32,33)(H,34,35,36). The summed E-state index contributed by atoms with van der Waals surface area (Å²) in [5.41, 5.74) is -0.442. The molecule has 0 aromatic heterocycles. The van der Waals surface area contributed by atoms with Crippen LogP contribution in [-0.4, -0.2) is 42.6 Å². The van der Waals surface area contributed by atoms with Crippen molar-refractivity contribution >= 4 is 42.9 Å². The summed E-state index contributed by atoms with van der Waals surface area (Å²) in [6.07, 6.45) is 0.595. The fraction of sp³-hybridized carbons (Fsp3) is 0.231. The maximum Gasteiger partial charge on any atom is 0.336 e. The molecule has 3 aliphatic rings. The van der Waals surface area contributed by atoms with Crippen molar-refractivity contribution < 1.29 is 40.3 Å². The van der Waals surface area contributed by atoms with Crippen LogP contribution in [0.3, 0.4) is 0 Å². The topological polar surface area (TPSA) is 195 Å². The Morgan fingerprint density at radius 1 is 1.03 bits per heavy atom. The normalized spacial score (nSPS) is 17.1. The van der Waals surface area contributed by atoms with Crippen LogP contribution in [0.4, 0.5) is 5.69 Å². The Labute approximate surface area is 223 Å². The molecule has 0 spiro atoms. The Bertz CT molecular complexity index is 1960. The smallest absolute Gasteiger partial charge is 0.336 e. The Kier molecular flexibility index (Phi) is 5.92. The van der Waals surface area contributed by atoms with Gasteiger partial charge in [-0.3, -0.25) is 14.5 Å². The summed E-state index contributed by atoms with van der Waals surface area (Å²) in [7, 11) is -10.1. The number of aromatic carboxylic acids is 1. The number of fused-ring (bicyclic) bond motifs is 3. The van der Waals surface area contributed by atoms with Gasteiger partial charge in [-0.05, 0) is 61.6 Å². The van der Waals surface area contributed by atoms with E-state index >= 15 is 0 Å². The molecule has 0 fully saturated rings. The molecule has 2 aliphatic heterocycles. The van der Waals surface area contributed by atoms with Gasteiger partial charge in [-0.15, -0.1) is 0 Å². The first-order valence-corrected chi connectivity index (χ1v) is 14.6. The molecule has 2 aromatic carbocycles. The maximum absolute atomic E-state index is 12.9. The van der Waals surface area contributed by atoms with Gasteiger partial charge in [0, 0.05) is 22.1 Å². The third-order valence-corrected chi connectivity index (χ3v) is 8.70. The summed E-state index contributed by atoms with van der Waals surface area (Å²) in [6, 6.07) is 9.92. The lowest BCUT2D eigenvalue weighted by atomic mass is 9.80. The van der Waals surface area contributed by atoms with E-state index in [0.717, 1.165) is 6.07 Å². The van der Waals surface area contributed by atoms with E-state index < -0.39 is 58.2 Å². The number of hydrogen-bond donors (Lipinski definition) is 5. The van der Waals surface area contributed by atoms with E-state index in [2.05, 4.69) is 5.32 Å². The van der Waals surface area contributed by atoms with Crippen molar-refractivity contribution in [1.29, 1.82) is 5.41 Å². The van der Waals surface area contributed by atoms with Crippen LogP contribution in [0.25, 0.3) is 33.4 Å². The van der Waals surface area contributed by atoms with Gasteiger partial charge < -0.3 is 14.8 Å². The van der Waals surface area contributed by atoms with E-state index in [1.807, 2.05) is 20.8 Å². The van der Waals surface area contributed by atoms with Crippen LogP contribution < -0.4 is 10.7 Å². The number of rotatable bonds is 4. The highest BCUT2D eigenvalue weighted by atomic mass is 32.2. The molecule has 0 radical (unpaired) electrons. The van der Waals surface area contributed by atoms with Crippen molar-refractivity contribution in [2.45, 2.75) is 48.4 Å². The van der Waals surface area contributed by atoms with Gasteiger partial charge in [0.05, 0.1) is 16.6 Å². The average Bonchev–Trinajstić information content (AvgIpc) is 2.79. The van der Waals surface area contributed by atoms with Crippen molar-refractivity contribution in [3.63, 3.8) is 0 Å². The van der Waals surface area contributed by atoms with Gasteiger partial charge in [0.15, 0.2) is 21.1 Å². The minimum atomic E-state index is -5.07. The van der Waals surface area contributed by atoms with Crippen LogP contribution in [0, 0.1) is 5.41 Å². The Hall–Kier alpha value is -3.78. The second kappa shape index (κ2) is 8.61. The second-order valence-electron chi connectivity index (χ2n) is 10.3. The summed E-state index contributed by atoms with van der Waals surface area (Å²) in [5.74, 6) is -2.08. The molecular formula is C26H24N2O9S2. The molecule has 0 bridgehead atoms. The molecular weight excluding hydrogens is 548 g/mol. The van der Waals surface area contributed by atoms with E-state index in [4.69, 9.17) is 9.83 Å². The zero-order valence-corrected chi connectivity index (χ0v) is 22.6. The number of hydrogen-bond acceptors (Lipinski definition) is 8. The minimum Gasteiger partial charge on any atom is -0.478 e. The molecule has 2 aromatic rings. The number of carbonyl (C=O) groups is 1. The monoisotopic (exact) mass is 572 g/mol. The van der Waals surface area contributed by atoms with Crippen LogP contribution in [-0.2, 0) is 20.2 Å². The highest BCUT2D eigenvalue weighted by Crippen LogP contribution is 2.50. The molecule has 2 heterocycles. The molecule has 5 N–H and O–H groups in total. The molecule has 0 amide bonds. The van der Waals surface area contributed by atoms with Gasteiger partial charge in [-0.1, -0.05) is 25.1 Å². The van der Waals surface area contributed by atoms with E-state index in [1.165, 1.54) is 24.3 Å². The minimum absolute atomic E-state index is 0.0119. The zero-order chi connectivity index (χ0) is 28.7. The number of benzene rings is 3. The molecule has 13 heteroatoms. The summed E-state index contributed by atoms with van der Waals surface area (Å²) in [4.78, 5) is 10.6. The third kappa shape index (κ3) is 4.36. The van der Waals surface area contributed by atoms with Gasteiger partial charge in [0.25, 0.3) is 20.2 Å². The summed E-state index contributed by atoms with van der Waals surface area (Å²) < 4.78 is 76.9. The highest BCUT2D eigenvalue weighted by Gasteiger charge is 2.38. The van der Waals surface area contributed by atoms with E-state index in [-0.39, 0.29) is 39.2 Å². The van der Waals surface area contributed by atoms with Gasteiger partial charge in [0.2, 0.25) is 0 Å². The molecule has 0 saturated carbocycles. The number of carboxylic acids is 1. The highest BCUT2D eigenvalue weighted by molar-refractivity contribution is 7.86. The quantitative estimate of drug-likeness (QED) is 0.171. The fourth-order valence-electron chi connectivity index (χ4n) is 5.52. The number of anilines is 1. The Balaban J connectivity index is 2.15. The van der Waals surface area contributed by atoms with Crippen molar-refractivity contribution in [3.8, 4) is 22.5 Å². The fourth-order valence-corrected chi connectivity index (χ4v) is 7.06. The third-order valence-electron chi connectivity index (χ3n) is 6.87. The Morgan fingerprint density at radius 3 is 2.28 bits per heavy atom. The van der Waals surface area contributed by atoms with Gasteiger partial charge in [0.1, 0.15) is 0 Å². The molecule has 5 rings (SSSR count). The van der Waals surface area contributed by atoms with E-state index in [1.54, 1.807) is 12.1 Å². The van der Waals surface area contributed by atoms with Crippen molar-refractivity contribution in [3.05, 3.63) is 58.9 Å². The van der Waals surface area contributed by atoms with Gasteiger partial charge >= 0.3 is 5.97 Å². The average molecular weight is 573 g/mol. The molecule has 1 unspecified atom stereocenters. The predicted molar refractivity (Wildman–Crippen MR) is 141 cm³/mol. The lowest BCUT2D eigenvalue weighted by Crippen LogP contribution is -2.37. The molecule has 1 atom stereocenters. The zero-order valence-electron chi connectivity index (χ0n) is 20.9. The predicted octanol–water partition coefficient (Wildman–Crippen LogP) is 4.57. The lowest BCUT2D eigenvalue weighted by molar-refractivity contribution is 0.0697. The van der Waals surface area contributed by atoms with Gasteiger partial charge in [-0.25, -0.2) is 4.79 Å². The largest absolute Gasteiger partial charge is 0.478 e. The van der Waals surface area contributed by atoms with Crippen LogP contribution in [0.2, 0.25) is 0 Å². The van der Waals surface area contributed by atoms with Crippen molar-refractivity contribution in [2.75, 3.05) is 5.32 Å². The summed E-state index contributed by atoms with van der Waals surface area (Å²) in [5, 5.41) is 20.7. The molecule has 11 nitrogen and oxygen atoms in total. The van der Waals surface area contributed by atoms with E-state index in [0.29, 0.717) is 12.0 Å². The lowest BCUT2D eigenvalue weighted by Gasteiger charge is -2.38. The van der Waals surface area contributed by atoms with Crippen LogP contribution in [0.15, 0.2) is 56.7 Å². The molecule has 39 heavy (non-hydrogen) atoms. The number of carboxylic acid groups (broad SMARTS) is 1. The van der Waals surface area contributed by atoms with Gasteiger partial charge in [-0.2, -0.15) is 16.8 Å². The van der Waals surface area contributed by atoms with Crippen LogP contribution in [0.1, 0.15) is 49.0 Å².